The highest BCUT2D eigenvalue weighted by molar-refractivity contribution is 7.89. The summed E-state index contributed by atoms with van der Waals surface area (Å²) in [4.78, 5) is 6.70. The SMILES string of the molecule is Cc1c(N)cc(Cl)cc1S(=O)(=O)NCc1cnc[nH]1. The van der Waals surface area contributed by atoms with Crippen LogP contribution < -0.4 is 10.5 Å². The van der Waals surface area contributed by atoms with Crippen molar-refractivity contribution in [1.29, 1.82) is 0 Å². The van der Waals surface area contributed by atoms with Crippen LogP contribution in [0, 0.1) is 6.92 Å². The Morgan fingerprint density at radius 2 is 2.21 bits per heavy atom. The lowest BCUT2D eigenvalue weighted by atomic mass is 10.2. The number of aromatic amines is 1. The molecule has 0 spiro atoms. The van der Waals surface area contributed by atoms with E-state index in [4.69, 9.17) is 17.3 Å². The zero-order chi connectivity index (χ0) is 14.0. The van der Waals surface area contributed by atoms with Crippen molar-refractivity contribution >= 4 is 27.3 Å². The molecule has 1 aromatic heterocycles. The van der Waals surface area contributed by atoms with Crippen molar-refractivity contribution < 1.29 is 8.42 Å². The fourth-order valence-electron chi connectivity index (χ4n) is 1.59. The highest BCUT2D eigenvalue weighted by Crippen LogP contribution is 2.25. The largest absolute Gasteiger partial charge is 0.398 e. The second kappa shape index (κ2) is 5.20. The van der Waals surface area contributed by atoms with Gasteiger partial charge in [-0.25, -0.2) is 18.1 Å². The first-order valence-corrected chi connectivity index (χ1v) is 7.29. The number of hydrogen-bond donors (Lipinski definition) is 3. The number of benzene rings is 1. The van der Waals surface area contributed by atoms with Crippen LogP contribution in [0.5, 0.6) is 0 Å². The predicted molar refractivity (Wildman–Crippen MR) is 73.2 cm³/mol. The van der Waals surface area contributed by atoms with Crippen LogP contribution in [0.3, 0.4) is 0 Å². The van der Waals surface area contributed by atoms with Gasteiger partial charge >= 0.3 is 0 Å². The number of nitrogens with zero attached hydrogens (tertiary/aromatic N) is 1. The van der Waals surface area contributed by atoms with E-state index in [0.717, 1.165) is 0 Å². The third-order valence-corrected chi connectivity index (χ3v) is 4.41. The summed E-state index contributed by atoms with van der Waals surface area (Å²) in [6.07, 6.45) is 3.02. The summed E-state index contributed by atoms with van der Waals surface area (Å²) in [6.45, 7) is 1.75. The van der Waals surface area contributed by atoms with E-state index < -0.39 is 10.0 Å². The van der Waals surface area contributed by atoms with Crippen LogP contribution in [-0.4, -0.2) is 18.4 Å². The zero-order valence-electron chi connectivity index (χ0n) is 10.1. The van der Waals surface area contributed by atoms with Gasteiger partial charge in [0.05, 0.1) is 17.8 Å². The van der Waals surface area contributed by atoms with Crippen molar-refractivity contribution in [2.75, 3.05) is 5.73 Å². The lowest BCUT2D eigenvalue weighted by Crippen LogP contribution is -2.24. The van der Waals surface area contributed by atoms with Gasteiger partial charge < -0.3 is 10.7 Å². The van der Waals surface area contributed by atoms with Crippen molar-refractivity contribution in [2.45, 2.75) is 18.4 Å². The number of nitrogen functional groups attached to an aromatic ring is 1. The molecule has 0 amide bonds. The van der Waals surface area contributed by atoms with Gasteiger partial charge in [0.25, 0.3) is 0 Å². The molecule has 0 radical (unpaired) electrons. The van der Waals surface area contributed by atoms with Gasteiger partial charge in [-0.2, -0.15) is 0 Å². The molecular weight excluding hydrogens is 288 g/mol. The van der Waals surface area contributed by atoms with E-state index in [9.17, 15) is 8.42 Å². The highest BCUT2D eigenvalue weighted by atomic mass is 35.5. The smallest absolute Gasteiger partial charge is 0.241 e. The van der Waals surface area contributed by atoms with Gasteiger partial charge in [0.2, 0.25) is 10.0 Å². The Bertz CT molecular complexity index is 683. The molecule has 0 saturated carbocycles. The number of aromatic nitrogens is 2. The molecule has 102 valence electrons. The molecular formula is C11H13ClN4O2S. The lowest BCUT2D eigenvalue weighted by molar-refractivity contribution is 0.580. The molecule has 0 aliphatic heterocycles. The molecule has 19 heavy (non-hydrogen) atoms. The van der Waals surface area contributed by atoms with Gasteiger partial charge in [-0.3, -0.25) is 0 Å². The van der Waals surface area contributed by atoms with Crippen LogP contribution in [-0.2, 0) is 16.6 Å². The molecule has 8 heteroatoms. The van der Waals surface area contributed by atoms with Crippen LogP contribution in [0.25, 0.3) is 0 Å². The molecule has 0 bridgehead atoms. The quantitative estimate of drug-likeness (QED) is 0.744. The summed E-state index contributed by atoms with van der Waals surface area (Å²) < 4.78 is 26.8. The maximum Gasteiger partial charge on any atom is 0.241 e. The van der Waals surface area contributed by atoms with Crippen molar-refractivity contribution in [3.8, 4) is 0 Å². The van der Waals surface area contributed by atoms with Crippen LogP contribution in [0.2, 0.25) is 5.02 Å². The third kappa shape index (κ3) is 3.06. The van der Waals surface area contributed by atoms with E-state index in [1.807, 2.05) is 0 Å². The van der Waals surface area contributed by atoms with Crippen molar-refractivity contribution in [2.24, 2.45) is 0 Å². The molecule has 6 nitrogen and oxygen atoms in total. The molecule has 0 atom stereocenters. The van der Waals surface area contributed by atoms with E-state index in [1.165, 1.54) is 18.5 Å². The standard InChI is InChI=1S/C11H13ClN4O2S/c1-7-10(13)2-8(12)3-11(7)19(17,18)16-5-9-4-14-6-15-9/h2-4,6,16H,5,13H2,1H3,(H,14,15). The number of sulfonamides is 1. The van der Waals surface area contributed by atoms with E-state index in [0.29, 0.717) is 16.9 Å². The lowest BCUT2D eigenvalue weighted by Gasteiger charge is -2.11. The van der Waals surface area contributed by atoms with Gasteiger partial charge in [-0.1, -0.05) is 11.6 Å². The number of halogens is 1. The van der Waals surface area contributed by atoms with Crippen molar-refractivity contribution in [3.05, 3.63) is 40.9 Å². The average Bonchev–Trinajstić information content (AvgIpc) is 2.84. The number of hydrogen-bond acceptors (Lipinski definition) is 4. The van der Waals surface area contributed by atoms with Gasteiger partial charge in [-0.05, 0) is 24.6 Å². The monoisotopic (exact) mass is 300 g/mol. The van der Waals surface area contributed by atoms with E-state index in [2.05, 4.69) is 14.7 Å². The van der Waals surface area contributed by atoms with Crippen molar-refractivity contribution in [3.63, 3.8) is 0 Å². The Balaban J connectivity index is 2.29. The molecule has 4 N–H and O–H groups in total. The summed E-state index contributed by atoms with van der Waals surface area (Å²) in [5, 5.41) is 0.282. The predicted octanol–water partition coefficient (Wildman–Crippen LogP) is 1.43. The molecule has 2 rings (SSSR count). The van der Waals surface area contributed by atoms with E-state index in [-0.39, 0.29) is 16.5 Å². The van der Waals surface area contributed by atoms with E-state index in [1.54, 1.807) is 13.1 Å². The van der Waals surface area contributed by atoms with Gasteiger partial charge in [-0.15, -0.1) is 0 Å². The van der Waals surface area contributed by atoms with Crippen LogP contribution in [0.15, 0.2) is 29.6 Å². The molecule has 0 aliphatic rings. The summed E-state index contributed by atoms with van der Waals surface area (Å²) >= 11 is 5.84. The van der Waals surface area contributed by atoms with Crippen molar-refractivity contribution in [1.82, 2.24) is 14.7 Å². The van der Waals surface area contributed by atoms with Gasteiger partial charge in [0.1, 0.15) is 0 Å². The second-order valence-electron chi connectivity index (χ2n) is 4.02. The molecule has 1 heterocycles. The number of rotatable bonds is 4. The first kappa shape index (κ1) is 13.9. The maximum absolute atomic E-state index is 12.2. The normalized spacial score (nSPS) is 11.7. The Morgan fingerprint density at radius 3 is 2.84 bits per heavy atom. The first-order chi connectivity index (χ1) is 8.90. The number of imidazole rings is 1. The minimum Gasteiger partial charge on any atom is -0.398 e. The highest BCUT2D eigenvalue weighted by Gasteiger charge is 2.19. The van der Waals surface area contributed by atoms with Gasteiger partial charge in [0.15, 0.2) is 0 Å². The Morgan fingerprint density at radius 1 is 1.47 bits per heavy atom. The summed E-state index contributed by atoms with van der Waals surface area (Å²) in [5.74, 6) is 0. The van der Waals surface area contributed by atoms with Crippen LogP contribution in [0.4, 0.5) is 5.69 Å². The topological polar surface area (TPSA) is 101 Å². The second-order valence-corrected chi connectivity index (χ2v) is 6.19. The molecule has 0 fully saturated rings. The number of anilines is 1. The Kier molecular flexibility index (Phi) is 3.79. The zero-order valence-corrected chi connectivity index (χ0v) is 11.7. The fourth-order valence-corrected chi connectivity index (χ4v) is 3.18. The Labute approximate surface area is 116 Å². The van der Waals surface area contributed by atoms with Crippen LogP contribution in [0.1, 0.15) is 11.3 Å². The third-order valence-electron chi connectivity index (χ3n) is 2.66. The minimum atomic E-state index is -3.67. The maximum atomic E-state index is 12.2. The summed E-state index contributed by atoms with van der Waals surface area (Å²) in [6, 6.07) is 2.90. The van der Waals surface area contributed by atoms with Crippen LogP contribution >= 0.6 is 11.6 Å². The summed E-state index contributed by atoms with van der Waals surface area (Å²) in [7, 11) is -3.67. The minimum absolute atomic E-state index is 0.0806. The van der Waals surface area contributed by atoms with E-state index >= 15 is 0 Å². The first-order valence-electron chi connectivity index (χ1n) is 5.42. The number of H-pyrrole nitrogens is 1. The van der Waals surface area contributed by atoms with Gasteiger partial charge in [0, 0.05) is 22.6 Å². The molecule has 1 aromatic carbocycles. The number of nitrogens with one attached hydrogen (secondary N) is 2. The molecule has 2 aromatic rings. The average molecular weight is 301 g/mol. The number of nitrogens with two attached hydrogens (primary N) is 1. The Hall–Kier alpha value is -1.57. The molecule has 0 aliphatic carbocycles. The fraction of sp³-hybridized carbons (Fsp3) is 0.182. The molecule has 0 saturated heterocycles. The molecule has 0 unspecified atom stereocenters. The summed E-state index contributed by atoms with van der Waals surface area (Å²) in [5.41, 5.74) is 7.19.